The van der Waals surface area contributed by atoms with E-state index in [9.17, 15) is 4.79 Å². The summed E-state index contributed by atoms with van der Waals surface area (Å²) in [6, 6.07) is 8.72. The molecule has 1 N–H and O–H groups in total. The van der Waals surface area contributed by atoms with Crippen LogP contribution in [0.25, 0.3) is 0 Å². The van der Waals surface area contributed by atoms with Gasteiger partial charge in [0.1, 0.15) is 23.4 Å². The minimum Gasteiger partial charge on any atom is -0.466 e. The number of aryl methyl sites for hydroxylation is 1. The number of nitrogens with one attached hydrogen (secondary N) is 1. The van der Waals surface area contributed by atoms with Crippen LogP contribution in [0.4, 0.5) is 5.82 Å². The number of hydrogen-bond acceptors (Lipinski definition) is 4. The zero-order chi connectivity index (χ0) is 13.0. The maximum absolute atomic E-state index is 11.7. The fraction of sp³-hybridized carbons (Fsp3) is 0.154. The summed E-state index contributed by atoms with van der Waals surface area (Å²) >= 11 is 0. The van der Waals surface area contributed by atoms with Crippen molar-refractivity contribution in [2.24, 2.45) is 0 Å². The van der Waals surface area contributed by atoms with Gasteiger partial charge in [0.2, 0.25) is 5.91 Å². The Labute approximate surface area is 104 Å². The predicted molar refractivity (Wildman–Crippen MR) is 64.7 cm³/mol. The molecule has 2 aromatic rings. The summed E-state index contributed by atoms with van der Waals surface area (Å²) in [6.45, 7) is 1.82. The van der Waals surface area contributed by atoms with E-state index in [4.69, 9.17) is 9.68 Å². The lowest BCUT2D eigenvalue weighted by Crippen LogP contribution is -2.14. The van der Waals surface area contributed by atoms with E-state index < -0.39 is 0 Å². The van der Waals surface area contributed by atoms with E-state index in [0.717, 1.165) is 5.76 Å². The highest BCUT2D eigenvalue weighted by molar-refractivity contribution is 5.91. The number of carbonyl (C=O) groups is 1. The molecule has 0 radical (unpaired) electrons. The van der Waals surface area contributed by atoms with Gasteiger partial charge in [0.15, 0.2) is 0 Å². The molecule has 0 saturated carbocycles. The zero-order valence-corrected chi connectivity index (χ0v) is 9.80. The van der Waals surface area contributed by atoms with Crippen LogP contribution < -0.4 is 5.32 Å². The van der Waals surface area contributed by atoms with Gasteiger partial charge in [0, 0.05) is 6.20 Å². The number of hydrogen-bond donors (Lipinski definition) is 1. The highest BCUT2D eigenvalue weighted by Crippen LogP contribution is 2.09. The number of nitrogens with zero attached hydrogens (tertiary/aromatic N) is 2. The first-order valence-corrected chi connectivity index (χ1v) is 5.38. The molecule has 2 aromatic heterocycles. The molecule has 5 nitrogen and oxygen atoms in total. The van der Waals surface area contributed by atoms with Crippen molar-refractivity contribution < 1.29 is 9.21 Å². The van der Waals surface area contributed by atoms with Gasteiger partial charge >= 0.3 is 0 Å². The van der Waals surface area contributed by atoms with E-state index >= 15 is 0 Å². The first-order chi connectivity index (χ1) is 8.67. The lowest BCUT2D eigenvalue weighted by Gasteiger charge is -2.02. The highest BCUT2D eigenvalue weighted by atomic mass is 16.3. The van der Waals surface area contributed by atoms with Crippen molar-refractivity contribution in [1.82, 2.24) is 4.98 Å². The predicted octanol–water partition coefficient (Wildman–Crippen LogP) is 2.04. The van der Waals surface area contributed by atoms with Crippen molar-refractivity contribution in [3.05, 3.63) is 47.5 Å². The Morgan fingerprint density at radius 2 is 2.28 bits per heavy atom. The molecular formula is C13H11N3O2. The van der Waals surface area contributed by atoms with Gasteiger partial charge in [0.25, 0.3) is 0 Å². The third kappa shape index (κ3) is 2.95. The fourth-order valence-corrected chi connectivity index (χ4v) is 1.46. The molecule has 0 aliphatic heterocycles. The van der Waals surface area contributed by atoms with Gasteiger partial charge in [0.05, 0.1) is 12.0 Å². The van der Waals surface area contributed by atoms with Crippen LogP contribution in [0.3, 0.4) is 0 Å². The molecule has 0 fully saturated rings. The second-order valence-corrected chi connectivity index (χ2v) is 3.78. The van der Waals surface area contributed by atoms with E-state index in [2.05, 4.69) is 10.3 Å². The summed E-state index contributed by atoms with van der Waals surface area (Å²) in [5.41, 5.74) is 0.453. The number of amides is 1. The molecule has 0 aliphatic rings. The molecule has 0 atom stereocenters. The van der Waals surface area contributed by atoms with Gasteiger partial charge in [-0.3, -0.25) is 4.79 Å². The second-order valence-electron chi connectivity index (χ2n) is 3.78. The highest BCUT2D eigenvalue weighted by Gasteiger charge is 2.07. The largest absolute Gasteiger partial charge is 0.466 e. The molecule has 18 heavy (non-hydrogen) atoms. The van der Waals surface area contributed by atoms with Gasteiger partial charge in [-0.1, -0.05) is 0 Å². The molecule has 2 heterocycles. The van der Waals surface area contributed by atoms with Crippen molar-refractivity contribution >= 4 is 11.7 Å². The van der Waals surface area contributed by atoms with Crippen molar-refractivity contribution in [3.63, 3.8) is 0 Å². The molecule has 1 amide bonds. The van der Waals surface area contributed by atoms with Crippen molar-refractivity contribution in [2.45, 2.75) is 13.3 Å². The zero-order valence-electron chi connectivity index (χ0n) is 9.80. The molecule has 0 unspecified atom stereocenters. The Hall–Kier alpha value is -2.61. The van der Waals surface area contributed by atoms with E-state index in [1.165, 1.54) is 6.20 Å². The maximum Gasteiger partial charge on any atom is 0.233 e. The number of carbonyl (C=O) groups excluding carboxylic acids is 1. The lowest BCUT2D eigenvalue weighted by molar-refractivity contribution is -0.115. The molecule has 5 heteroatoms. The number of aromatic nitrogens is 1. The molecular weight excluding hydrogens is 230 g/mol. The number of rotatable bonds is 3. The van der Waals surface area contributed by atoms with Crippen LogP contribution in [0, 0.1) is 18.3 Å². The van der Waals surface area contributed by atoms with E-state index in [-0.39, 0.29) is 12.3 Å². The third-order valence-corrected chi connectivity index (χ3v) is 2.29. The van der Waals surface area contributed by atoms with Gasteiger partial charge in [-0.2, -0.15) is 5.26 Å². The third-order valence-electron chi connectivity index (χ3n) is 2.29. The standard InChI is InChI=1S/C13H11N3O2/c1-9-2-4-11(18-9)6-13(17)16-12-5-3-10(7-14)8-15-12/h2-5,8H,6H2,1H3,(H,15,16,17). The summed E-state index contributed by atoms with van der Waals surface area (Å²) in [7, 11) is 0. The van der Waals surface area contributed by atoms with Gasteiger partial charge < -0.3 is 9.73 Å². The topological polar surface area (TPSA) is 78.9 Å². The number of furan rings is 1. The van der Waals surface area contributed by atoms with Crippen LogP contribution in [0.5, 0.6) is 0 Å². The lowest BCUT2D eigenvalue weighted by atomic mass is 10.3. The number of pyridine rings is 1. The quantitative estimate of drug-likeness (QED) is 0.891. The first kappa shape index (κ1) is 11.9. The molecule has 0 saturated heterocycles. The maximum atomic E-state index is 11.7. The molecule has 0 aliphatic carbocycles. The van der Waals surface area contributed by atoms with Crippen molar-refractivity contribution in [2.75, 3.05) is 5.32 Å². The Balaban J connectivity index is 1.96. The second kappa shape index (κ2) is 5.15. The van der Waals surface area contributed by atoms with Gasteiger partial charge in [-0.25, -0.2) is 4.98 Å². The van der Waals surface area contributed by atoms with Crippen molar-refractivity contribution in [3.8, 4) is 6.07 Å². The monoisotopic (exact) mass is 241 g/mol. The van der Waals surface area contributed by atoms with E-state index in [1.807, 2.05) is 19.1 Å². The molecule has 0 spiro atoms. The Morgan fingerprint density at radius 1 is 1.44 bits per heavy atom. The summed E-state index contributed by atoms with van der Waals surface area (Å²) in [6.07, 6.45) is 1.57. The average molecular weight is 241 g/mol. The molecule has 0 bridgehead atoms. The first-order valence-electron chi connectivity index (χ1n) is 5.38. The molecule has 2 rings (SSSR count). The van der Waals surface area contributed by atoms with Gasteiger partial charge in [-0.05, 0) is 31.2 Å². The van der Waals surface area contributed by atoms with Crippen LogP contribution >= 0.6 is 0 Å². The summed E-state index contributed by atoms with van der Waals surface area (Å²) in [4.78, 5) is 15.6. The minimum absolute atomic E-state index is 0.162. The number of anilines is 1. The van der Waals surface area contributed by atoms with Crippen LogP contribution in [0.2, 0.25) is 0 Å². The summed E-state index contributed by atoms with van der Waals surface area (Å²) < 4.78 is 5.30. The van der Waals surface area contributed by atoms with Gasteiger partial charge in [-0.15, -0.1) is 0 Å². The van der Waals surface area contributed by atoms with Crippen molar-refractivity contribution in [1.29, 1.82) is 5.26 Å². The average Bonchev–Trinajstić information content (AvgIpc) is 2.75. The summed E-state index contributed by atoms with van der Waals surface area (Å²) in [5.74, 6) is 1.59. The normalized spacial score (nSPS) is 9.78. The fourth-order valence-electron chi connectivity index (χ4n) is 1.46. The Bertz CT molecular complexity index is 593. The van der Waals surface area contributed by atoms with Crippen LogP contribution in [-0.4, -0.2) is 10.9 Å². The van der Waals surface area contributed by atoms with Crippen LogP contribution in [-0.2, 0) is 11.2 Å². The summed E-state index contributed by atoms with van der Waals surface area (Å²) in [5, 5.41) is 11.2. The van der Waals surface area contributed by atoms with E-state index in [1.54, 1.807) is 18.2 Å². The Kier molecular flexibility index (Phi) is 3.39. The van der Waals surface area contributed by atoms with E-state index in [0.29, 0.717) is 17.1 Å². The SMILES string of the molecule is Cc1ccc(CC(=O)Nc2ccc(C#N)cn2)o1. The van der Waals surface area contributed by atoms with Crippen LogP contribution in [0.15, 0.2) is 34.9 Å². The van der Waals surface area contributed by atoms with Crippen LogP contribution in [0.1, 0.15) is 17.1 Å². The smallest absolute Gasteiger partial charge is 0.233 e. The Morgan fingerprint density at radius 3 is 2.83 bits per heavy atom. The molecule has 0 aromatic carbocycles. The number of nitriles is 1. The minimum atomic E-state index is -0.207. The molecule has 90 valence electrons.